The Morgan fingerprint density at radius 3 is 3.07 bits per heavy atom. The average molecular weight is 381 g/mol. The molecule has 1 N–H and O–H groups in total. The van der Waals surface area contributed by atoms with Crippen molar-refractivity contribution in [3.05, 3.63) is 47.9 Å². The monoisotopic (exact) mass is 381 g/mol. The van der Waals surface area contributed by atoms with Gasteiger partial charge < -0.3 is 19.5 Å². The van der Waals surface area contributed by atoms with E-state index in [0.29, 0.717) is 24.7 Å². The lowest BCUT2D eigenvalue weighted by molar-refractivity contribution is 0.198. The highest BCUT2D eigenvalue weighted by Crippen LogP contribution is 2.32. The van der Waals surface area contributed by atoms with Gasteiger partial charge in [-0.2, -0.15) is 0 Å². The molecule has 2 amide bonds. The highest BCUT2D eigenvalue weighted by molar-refractivity contribution is 5.89. The normalized spacial score (nSPS) is 21.0. The Labute approximate surface area is 165 Å². The Hall–Kier alpha value is -2.76. The third-order valence-corrected chi connectivity index (χ3v) is 5.47. The molecule has 6 heteroatoms. The number of amides is 2. The summed E-state index contributed by atoms with van der Waals surface area (Å²) in [4.78, 5) is 14.2. The minimum absolute atomic E-state index is 0.111. The molecule has 1 aliphatic heterocycles. The summed E-state index contributed by atoms with van der Waals surface area (Å²) in [6.07, 6.45) is 9.92. The van der Waals surface area contributed by atoms with E-state index in [1.165, 1.54) is 30.9 Å². The summed E-state index contributed by atoms with van der Waals surface area (Å²) in [6.45, 7) is 4.36. The highest BCUT2D eigenvalue weighted by atomic mass is 16.5. The van der Waals surface area contributed by atoms with Gasteiger partial charge in [0.1, 0.15) is 17.7 Å². The zero-order valence-electron chi connectivity index (χ0n) is 16.3. The number of hydrogen-bond acceptors (Lipinski definition) is 4. The predicted molar refractivity (Wildman–Crippen MR) is 108 cm³/mol. The third kappa shape index (κ3) is 4.94. The number of urea groups is 1. The molecule has 28 heavy (non-hydrogen) atoms. The van der Waals surface area contributed by atoms with Gasteiger partial charge in [-0.1, -0.05) is 48.7 Å². The molecule has 0 spiro atoms. The van der Waals surface area contributed by atoms with Crippen molar-refractivity contribution in [2.45, 2.75) is 32.6 Å². The minimum Gasteiger partial charge on any atom is -0.494 e. The van der Waals surface area contributed by atoms with Gasteiger partial charge in [-0.05, 0) is 42.4 Å². The van der Waals surface area contributed by atoms with Crippen LogP contribution < -0.4 is 10.1 Å². The topological polar surface area (TPSA) is 67.6 Å². The molecule has 1 saturated carbocycles. The summed E-state index contributed by atoms with van der Waals surface area (Å²) in [5, 5.41) is 6.41. The van der Waals surface area contributed by atoms with Crippen LogP contribution in [-0.2, 0) is 0 Å². The quantitative estimate of drug-likeness (QED) is 0.780. The van der Waals surface area contributed by atoms with Crippen LogP contribution in [0.1, 0.15) is 38.2 Å². The fourth-order valence-corrected chi connectivity index (χ4v) is 3.58. The molecule has 4 rings (SSSR count). The van der Waals surface area contributed by atoms with Crippen LogP contribution in [0.5, 0.6) is 5.75 Å². The predicted octanol–water partition coefficient (Wildman–Crippen LogP) is 4.81. The van der Waals surface area contributed by atoms with Gasteiger partial charge in [0.05, 0.1) is 12.8 Å². The minimum atomic E-state index is -0.111. The number of anilines is 1. The lowest BCUT2D eigenvalue weighted by atomic mass is 9.91. The van der Waals surface area contributed by atoms with Gasteiger partial charge >= 0.3 is 6.03 Å². The first kappa shape index (κ1) is 18.6. The van der Waals surface area contributed by atoms with Crippen LogP contribution in [0.15, 0.2) is 46.8 Å². The van der Waals surface area contributed by atoms with Crippen molar-refractivity contribution in [2.75, 3.05) is 25.0 Å². The van der Waals surface area contributed by atoms with Crippen LogP contribution in [0.4, 0.5) is 10.5 Å². The second-order valence-electron chi connectivity index (χ2n) is 7.81. The molecule has 1 aliphatic carbocycles. The number of carbonyl (C=O) groups excluding carboxylic acids is 1. The van der Waals surface area contributed by atoms with Gasteiger partial charge in [-0.15, -0.1) is 0 Å². The third-order valence-electron chi connectivity index (χ3n) is 5.47. The summed E-state index contributed by atoms with van der Waals surface area (Å²) in [5.41, 5.74) is 3.11. The Kier molecular flexibility index (Phi) is 5.65. The molecule has 2 aromatic rings. The smallest absolute Gasteiger partial charge is 0.322 e. The van der Waals surface area contributed by atoms with E-state index in [4.69, 9.17) is 9.26 Å². The lowest BCUT2D eigenvalue weighted by Gasteiger charge is -2.33. The summed E-state index contributed by atoms with van der Waals surface area (Å²) >= 11 is 0. The fourth-order valence-electron chi connectivity index (χ4n) is 3.58. The zero-order valence-corrected chi connectivity index (χ0v) is 16.3. The average Bonchev–Trinajstić information content (AvgIpc) is 3.37. The van der Waals surface area contributed by atoms with Crippen molar-refractivity contribution in [1.29, 1.82) is 0 Å². The first-order valence-electron chi connectivity index (χ1n) is 10.1. The summed E-state index contributed by atoms with van der Waals surface area (Å²) in [6, 6.07) is 8.18. The van der Waals surface area contributed by atoms with Gasteiger partial charge in [0.15, 0.2) is 0 Å². The van der Waals surface area contributed by atoms with Gasteiger partial charge in [0.2, 0.25) is 0 Å². The van der Waals surface area contributed by atoms with E-state index >= 15 is 0 Å². The van der Waals surface area contributed by atoms with Crippen LogP contribution in [-0.4, -0.2) is 35.8 Å². The van der Waals surface area contributed by atoms with Crippen LogP contribution >= 0.6 is 0 Å². The number of hydrogen-bond donors (Lipinski definition) is 1. The van der Waals surface area contributed by atoms with Crippen LogP contribution in [0.3, 0.4) is 0 Å². The fraction of sp³-hybridized carbons (Fsp3) is 0.455. The number of piperidine rings is 1. The SMILES string of the molecule is CC1CN(C(=O)Nc2cnoc2)CCC1=Cc1cccc(OCCC2CC2)c1. The first-order valence-corrected chi connectivity index (χ1v) is 10.1. The molecule has 1 saturated heterocycles. The molecule has 148 valence electrons. The molecule has 1 unspecified atom stereocenters. The van der Waals surface area contributed by atoms with Gasteiger partial charge in [-0.3, -0.25) is 0 Å². The molecule has 2 aliphatic rings. The van der Waals surface area contributed by atoms with Crippen LogP contribution in [0, 0.1) is 11.8 Å². The maximum Gasteiger partial charge on any atom is 0.322 e. The molecule has 6 nitrogen and oxygen atoms in total. The molecule has 2 fully saturated rings. The standard InChI is InChI=1S/C22H27N3O3/c1-16-14-25(22(26)24-20-13-23-28-15-20)9-7-19(16)11-18-3-2-4-21(12-18)27-10-8-17-5-6-17/h2-4,11-13,15-17H,5-10,14H2,1H3,(H,24,26). The number of aromatic nitrogens is 1. The summed E-state index contributed by atoms with van der Waals surface area (Å²) in [5.74, 6) is 2.13. The van der Waals surface area contributed by atoms with Crippen molar-refractivity contribution in [3.63, 3.8) is 0 Å². The second-order valence-corrected chi connectivity index (χ2v) is 7.81. The van der Waals surface area contributed by atoms with E-state index in [-0.39, 0.29) is 6.03 Å². The maximum absolute atomic E-state index is 12.4. The van der Waals surface area contributed by atoms with Crippen molar-refractivity contribution in [3.8, 4) is 5.75 Å². The van der Waals surface area contributed by atoms with Crippen LogP contribution in [0.2, 0.25) is 0 Å². The highest BCUT2D eigenvalue weighted by Gasteiger charge is 2.24. The van der Waals surface area contributed by atoms with E-state index in [1.54, 1.807) is 0 Å². The van der Waals surface area contributed by atoms with Crippen molar-refractivity contribution in [2.24, 2.45) is 11.8 Å². The molecule has 1 atom stereocenters. The molecule has 2 heterocycles. The van der Waals surface area contributed by atoms with E-state index in [2.05, 4.69) is 35.6 Å². The molecular formula is C22H27N3O3. The van der Waals surface area contributed by atoms with E-state index in [9.17, 15) is 4.79 Å². The number of carbonyl (C=O) groups is 1. The Balaban J connectivity index is 1.33. The first-order chi connectivity index (χ1) is 13.7. The van der Waals surface area contributed by atoms with E-state index in [1.807, 2.05) is 17.0 Å². The Morgan fingerprint density at radius 1 is 1.43 bits per heavy atom. The number of nitrogens with zero attached hydrogens (tertiary/aromatic N) is 2. The Bertz CT molecular complexity index is 827. The molecular weight excluding hydrogens is 354 g/mol. The molecule has 0 radical (unpaired) electrons. The number of ether oxygens (including phenoxy) is 1. The number of nitrogens with one attached hydrogen (secondary N) is 1. The van der Waals surface area contributed by atoms with Gasteiger partial charge in [-0.25, -0.2) is 4.79 Å². The molecule has 1 aromatic carbocycles. The Morgan fingerprint density at radius 2 is 2.32 bits per heavy atom. The van der Waals surface area contributed by atoms with Crippen molar-refractivity contribution < 1.29 is 14.1 Å². The van der Waals surface area contributed by atoms with Gasteiger partial charge in [0, 0.05) is 13.1 Å². The largest absolute Gasteiger partial charge is 0.494 e. The lowest BCUT2D eigenvalue weighted by Crippen LogP contribution is -2.42. The maximum atomic E-state index is 12.4. The molecule has 0 bridgehead atoms. The van der Waals surface area contributed by atoms with Crippen LogP contribution in [0.25, 0.3) is 6.08 Å². The van der Waals surface area contributed by atoms with Gasteiger partial charge in [0.25, 0.3) is 0 Å². The molecule has 1 aromatic heterocycles. The summed E-state index contributed by atoms with van der Waals surface area (Å²) < 4.78 is 10.7. The number of benzene rings is 1. The second kappa shape index (κ2) is 8.50. The number of rotatable bonds is 6. The summed E-state index contributed by atoms with van der Waals surface area (Å²) in [7, 11) is 0. The van der Waals surface area contributed by atoms with E-state index in [0.717, 1.165) is 36.7 Å². The van der Waals surface area contributed by atoms with E-state index < -0.39 is 0 Å². The van der Waals surface area contributed by atoms with Crippen molar-refractivity contribution in [1.82, 2.24) is 10.1 Å². The zero-order chi connectivity index (χ0) is 19.3. The van der Waals surface area contributed by atoms with Crippen molar-refractivity contribution >= 4 is 17.8 Å². The number of likely N-dealkylation sites (tertiary alicyclic amines) is 1.